The zero-order valence-electron chi connectivity index (χ0n) is 9.06. The summed E-state index contributed by atoms with van der Waals surface area (Å²) < 4.78 is 2.25. The van der Waals surface area contributed by atoms with E-state index in [1.54, 1.807) is 0 Å². The summed E-state index contributed by atoms with van der Waals surface area (Å²) in [7, 11) is 4.14. The maximum atomic E-state index is 4.42. The Hall–Kier alpha value is -0.290. The molecule has 0 saturated heterocycles. The van der Waals surface area contributed by atoms with Gasteiger partial charge in [0.1, 0.15) is 0 Å². The van der Waals surface area contributed by atoms with E-state index in [4.69, 9.17) is 0 Å². The molecule has 1 aliphatic heterocycles. The lowest BCUT2D eigenvalue weighted by Crippen LogP contribution is -2.28. The van der Waals surface area contributed by atoms with Gasteiger partial charge in [-0.1, -0.05) is 0 Å². The third-order valence-corrected chi connectivity index (χ3v) is 2.32. The van der Waals surface area contributed by atoms with Crippen LogP contribution in [-0.4, -0.2) is 35.1 Å². The first-order valence-corrected chi connectivity index (χ1v) is 4.65. The molecule has 1 aromatic rings. The number of rotatable bonds is 2. The Morgan fingerprint density at radius 3 is 2.87 bits per heavy atom. The van der Waals surface area contributed by atoms with Crippen molar-refractivity contribution in [1.82, 2.24) is 19.8 Å². The molecule has 0 amide bonds. The predicted molar refractivity (Wildman–Crippen MR) is 65.8 cm³/mol. The molecule has 2 heterocycles. The van der Waals surface area contributed by atoms with Gasteiger partial charge in [-0.3, -0.25) is 0 Å². The molecule has 0 atom stereocenters. The van der Waals surface area contributed by atoms with Gasteiger partial charge in [-0.2, -0.15) is 0 Å². The number of imidazole rings is 1. The van der Waals surface area contributed by atoms with E-state index in [0.29, 0.717) is 0 Å². The summed E-state index contributed by atoms with van der Waals surface area (Å²) in [6, 6.07) is 0. The Balaban J connectivity index is 0.000000980. The van der Waals surface area contributed by atoms with E-state index in [1.807, 2.05) is 6.33 Å². The summed E-state index contributed by atoms with van der Waals surface area (Å²) in [6.45, 7) is 4.01. The molecule has 88 valence electrons. The lowest BCUT2D eigenvalue weighted by atomic mass is 10.2. The van der Waals surface area contributed by atoms with Crippen LogP contribution in [0.15, 0.2) is 6.33 Å². The van der Waals surface area contributed by atoms with Crippen molar-refractivity contribution < 1.29 is 0 Å². The highest BCUT2D eigenvalue weighted by atomic mass is 35.5. The van der Waals surface area contributed by atoms with Crippen LogP contribution in [0.5, 0.6) is 0 Å². The molecule has 6 heteroatoms. The third kappa shape index (κ3) is 3.34. The van der Waals surface area contributed by atoms with Gasteiger partial charge >= 0.3 is 0 Å². The van der Waals surface area contributed by atoms with Gasteiger partial charge in [-0.25, -0.2) is 4.98 Å². The number of hydrogen-bond donors (Lipinski definition) is 1. The zero-order chi connectivity index (χ0) is 9.26. The molecule has 1 aliphatic rings. The maximum absolute atomic E-state index is 4.42. The normalized spacial score (nSPS) is 14.1. The first-order valence-electron chi connectivity index (χ1n) is 4.65. The lowest BCUT2D eigenvalue weighted by Gasteiger charge is -2.17. The molecule has 0 spiro atoms. The minimum atomic E-state index is 0. The van der Waals surface area contributed by atoms with Gasteiger partial charge in [-0.15, -0.1) is 24.8 Å². The lowest BCUT2D eigenvalue weighted by molar-refractivity contribution is 0.392. The highest BCUT2D eigenvalue weighted by Gasteiger charge is 2.13. The van der Waals surface area contributed by atoms with E-state index in [9.17, 15) is 0 Å². The maximum Gasteiger partial charge on any atom is 0.0953 e. The first-order chi connectivity index (χ1) is 6.27. The second-order valence-electron chi connectivity index (χ2n) is 3.75. The Morgan fingerprint density at radius 1 is 1.47 bits per heavy atom. The number of hydrogen-bond acceptors (Lipinski definition) is 3. The van der Waals surface area contributed by atoms with Crippen molar-refractivity contribution in [3.05, 3.63) is 17.7 Å². The van der Waals surface area contributed by atoms with Crippen LogP contribution in [0.3, 0.4) is 0 Å². The molecule has 0 aliphatic carbocycles. The molecule has 15 heavy (non-hydrogen) atoms. The summed E-state index contributed by atoms with van der Waals surface area (Å²) in [4.78, 5) is 6.57. The number of nitrogens with zero attached hydrogens (tertiary/aromatic N) is 3. The predicted octanol–water partition coefficient (Wildman–Crippen LogP) is 0.891. The topological polar surface area (TPSA) is 33.1 Å². The van der Waals surface area contributed by atoms with Gasteiger partial charge < -0.3 is 14.8 Å². The van der Waals surface area contributed by atoms with Crippen LogP contribution < -0.4 is 5.32 Å². The smallest absolute Gasteiger partial charge is 0.0953 e. The zero-order valence-corrected chi connectivity index (χ0v) is 10.7. The standard InChI is InChI=1S/C9H16N4.2ClH/c1-12(2)6-8-9-5-10-3-4-13(9)7-11-8;;/h7,10H,3-6H2,1-2H3;2*1H. The number of aromatic nitrogens is 2. The molecule has 4 nitrogen and oxygen atoms in total. The van der Waals surface area contributed by atoms with E-state index in [2.05, 4.69) is 33.9 Å². The molecule has 2 rings (SSSR count). The van der Waals surface area contributed by atoms with Crippen molar-refractivity contribution in [1.29, 1.82) is 0 Å². The van der Waals surface area contributed by atoms with E-state index in [0.717, 1.165) is 26.2 Å². The quantitative estimate of drug-likeness (QED) is 0.849. The minimum Gasteiger partial charge on any atom is -0.332 e. The van der Waals surface area contributed by atoms with Crippen molar-refractivity contribution in [2.45, 2.75) is 19.6 Å². The van der Waals surface area contributed by atoms with Crippen molar-refractivity contribution in [2.75, 3.05) is 20.6 Å². The van der Waals surface area contributed by atoms with Gasteiger partial charge in [-0.05, 0) is 14.1 Å². The average molecular weight is 253 g/mol. The molecule has 0 fully saturated rings. The van der Waals surface area contributed by atoms with Crippen LogP contribution in [0.1, 0.15) is 11.4 Å². The van der Waals surface area contributed by atoms with Crippen LogP contribution in [0.2, 0.25) is 0 Å². The second kappa shape index (κ2) is 6.33. The van der Waals surface area contributed by atoms with E-state index in [-0.39, 0.29) is 24.8 Å². The molecule has 0 bridgehead atoms. The number of fused-ring (bicyclic) bond motifs is 1. The number of nitrogens with one attached hydrogen (secondary N) is 1. The largest absolute Gasteiger partial charge is 0.332 e. The molecular formula is C9H18Cl2N4. The molecule has 0 radical (unpaired) electrons. The monoisotopic (exact) mass is 252 g/mol. The van der Waals surface area contributed by atoms with Crippen molar-refractivity contribution in [3.63, 3.8) is 0 Å². The van der Waals surface area contributed by atoms with Crippen molar-refractivity contribution in [3.8, 4) is 0 Å². The Kier molecular flexibility index (Phi) is 6.20. The summed E-state index contributed by atoms with van der Waals surface area (Å²) in [5.41, 5.74) is 2.55. The molecular weight excluding hydrogens is 235 g/mol. The minimum absolute atomic E-state index is 0. The highest BCUT2D eigenvalue weighted by Crippen LogP contribution is 2.11. The fraction of sp³-hybridized carbons (Fsp3) is 0.667. The van der Waals surface area contributed by atoms with E-state index in [1.165, 1.54) is 11.4 Å². The highest BCUT2D eigenvalue weighted by molar-refractivity contribution is 5.85. The summed E-state index contributed by atoms with van der Waals surface area (Å²) >= 11 is 0. The Bertz CT molecular complexity index is 298. The third-order valence-electron chi connectivity index (χ3n) is 2.32. The number of halogens is 2. The van der Waals surface area contributed by atoms with E-state index >= 15 is 0 Å². The SMILES string of the molecule is CN(C)Cc1ncn2c1CNCC2.Cl.Cl. The van der Waals surface area contributed by atoms with Crippen molar-refractivity contribution >= 4 is 24.8 Å². The van der Waals surface area contributed by atoms with Crippen LogP contribution in [-0.2, 0) is 19.6 Å². The fourth-order valence-corrected chi connectivity index (χ4v) is 1.68. The molecule has 1 aromatic heterocycles. The molecule has 0 unspecified atom stereocenters. The van der Waals surface area contributed by atoms with Crippen LogP contribution >= 0.6 is 24.8 Å². The first kappa shape index (κ1) is 14.7. The van der Waals surface area contributed by atoms with E-state index < -0.39 is 0 Å². The van der Waals surface area contributed by atoms with Gasteiger partial charge in [0.15, 0.2) is 0 Å². The molecule has 0 saturated carbocycles. The Labute approximate surface area is 103 Å². The van der Waals surface area contributed by atoms with Gasteiger partial charge in [0.05, 0.1) is 17.7 Å². The fourth-order valence-electron chi connectivity index (χ4n) is 1.68. The van der Waals surface area contributed by atoms with Crippen LogP contribution in [0, 0.1) is 0 Å². The van der Waals surface area contributed by atoms with Gasteiger partial charge in [0.2, 0.25) is 0 Å². The average Bonchev–Trinajstić information content (AvgIpc) is 2.48. The molecule has 0 aromatic carbocycles. The van der Waals surface area contributed by atoms with Gasteiger partial charge in [0.25, 0.3) is 0 Å². The van der Waals surface area contributed by atoms with Crippen LogP contribution in [0.4, 0.5) is 0 Å². The van der Waals surface area contributed by atoms with Crippen molar-refractivity contribution in [2.24, 2.45) is 0 Å². The molecule has 1 N–H and O–H groups in total. The van der Waals surface area contributed by atoms with Crippen LogP contribution in [0.25, 0.3) is 0 Å². The second-order valence-corrected chi connectivity index (χ2v) is 3.75. The van der Waals surface area contributed by atoms with Gasteiger partial charge in [0, 0.05) is 26.2 Å². The summed E-state index contributed by atoms with van der Waals surface area (Å²) in [5, 5.41) is 3.36. The summed E-state index contributed by atoms with van der Waals surface area (Å²) in [5.74, 6) is 0. The Morgan fingerprint density at radius 2 is 2.20 bits per heavy atom. The summed E-state index contributed by atoms with van der Waals surface area (Å²) in [6.07, 6.45) is 1.95.